The van der Waals surface area contributed by atoms with Gasteiger partial charge in [0.15, 0.2) is 17.7 Å². The Morgan fingerprint density at radius 2 is 2.15 bits per heavy atom. The maximum atomic E-state index is 12.3. The minimum atomic E-state index is -1.27. The molecule has 146 valence electrons. The first kappa shape index (κ1) is 18.0. The number of hydrogen-bond acceptors (Lipinski definition) is 9. The van der Waals surface area contributed by atoms with Crippen LogP contribution in [0.25, 0.3) is 11.2 Å². The van der Waals surface area contributed by atoms with Gasteiger partial charge in [0.1, 0.15) is 24.1 Å². The molecule has 0 aromatic carbocycles. The van der Waals surface area contributed by atoms with Crippen LogP contribution in [0.3, 0.4) is 0 Å². The molecule has 4 heterocycles. The third-order valence-electron chi connectivity index (χ3n) is 5.08. The molecule has 0 saturated carbocycles. The molecule has 0 unspecified atom stereocenters. The zero-order valence-corrected chi connectivity index (χ0v) is 14.8. The van der Waals surface area contributed by atoms with E-state index in [1.807, 2.05) is 0 Å². The van der Waals surface area contributed by atoms with Crippen LogP contribution in [0.2, 0.25) is 0 Å². The summed E-state index contributed by atoms with van der Waals surface area (Å²) in [6, 6.07) is -0.988. The van der Waals surface area contributed by atoms with Crippen molar-refractivity contribution in [2.75, 3.05) is 11.9 Å². The molecule has 11 nitrogen and oxygen atoms in total. The maximum absolute atomic E-state index is 12.3. The molecule has 0 radical (unpaired) electrons. The van der Waals surface area contributed by atoms with Gasteiger partial charge in [-0.2, -0.15) is 0 Å². The quantitative estimate of drug-likeness (QED) is 0.372. The summed E-state index contributed by atoms with van der Waals surface area (Å²) in [5.74, 6) is 0.208. The number of imidazole rings is 1. The molecule has 27 heavy (non-hydrogen) atoms. The third kappa shape index (κ3) is 3.46. The lowest BCUT2D eigenvalue weighted by atomic mass is 9.95. The van der Waals surface area contributed by atoms with Gasteiger partial charge in [-0.05, 0) is 26.3 Å². The van der Waals surface area contributed by atoms with Crippen LogP contribution in [-0.4, -0.2) is 79.2 Å². The number of nitrogens with one attached hydrogen (secondary N) is 4. The Hall–Kier alpha value is -2.34. The Labute approximate surface area is 154 Å². The number of H-pyrrole nitrogens is 1. The fraction of sp³-hybridized carbons (Fsp3) is 0.625. The number of hydrogen-bond donors (Lipinski definition) is 6. The summed E-state index contributed by atoms with van der Waals surface area (Å²) in [7, 11) is 0. The molecule has 4 rings (SSSR count). The highest BCUT2D eigenvalue weighted by molar-refractivity contribution is 5.83. The lowest BCUT2D eigenvalue weighted by Gasteiger charge is -2.42. The van der Waals surface area contributed by atoms with Crippen LogP contribution in [0.1, 0.15) is 19.8 Å². The first-order valence-electron chi connectivity index (χ1n) is 9.00. The van der Waals surface area contributed by atoms with Crippen molar-refractivity contribution >= 4 is 22.9 Å². The molecule has 2 fully saturated rings. The number of carbonyl (C=O) groups excluding carboxylic acids is 1. The fourth-order valence-electron chi connectivity index (χ4n) is 3.57. The van der Waals surface area contributed by atoms with Gasteiger partial charge in [0, 0.05) is 0 Å². The zero-order valence-electron chi connectivity index (χ0n) is 14.8. The average Bonchev–Trinajstić information content (AvgIpc) is 3.34. The lowest BCUT2D eigenvalue weighted by molar-refractivity contribution is -0.173. The topological polar surface area (TPSA) is 157 Å². The number of anilines is 1. The molecule has 2 saturated heterocycles. The molecular weight excluding hydrogens is 354 g/mol. The monoisotopic (exact) mass is 377 g/mol. The van der Waals surface area contributed by atoms with E-state index in [0.29, 0.717) is 17.0 Å². The summed E-state index contributed by atoms with van der Waals surface area (Å²) >= 11 is 0. The van der Waals surface area contributed by atoms with Crippen molar-refractivity contribution in [2.24, 2.45) is 0 Å². The van der Waals surface area contributed by atoms with E-state index in [9.17, 15) is 15.0 Å². The number of aliphatic hydroxyl groups is 2. The van der Waals surface area contributed by atoms with Gasteiger partial charge in [-0.3, -0.25) is 4.79 Å². The third-order valence-corrected chi connectivity index (χ3v) is 5.08. The molecule has 2 aromatic rings. The van der Waals surface area contributed by atoms with Gasteiger partial charge in [-0.1, -0.05) is 0 Å². The minimum absolute atomic E-state index is 0.194. The van der Waals surface area contributed by atoms with Crippen molar-refractivity contribution in [3.05, 3.63) is 12.7 Å². The maximum Gasteiger partial charge on any atom is 0.237 e. The second-order valence-corrected chi connectivity index (χ2v) is 6.89. The average molecular weight is 377 g/mol. The van der Waals surface area contributed by atoms with E-state index >= 15 is 0 Å². The number of amides is 1. The number of ether oxygens (including phenoxy) is 1. The summed E-state index contributed by atoms with van der Waals surface area (Å²) in [5.41, 5.74) is 1.04. The van der Waals surface area contributed by atoms with E-state index < -0.39 is 30.6 Å². The Morgan fingerprint density at radius 1 is 1.30 bits per heavy atom. The SMILES string of the molecule is C[C@@H]1O[C@H](Nc2ncnc3nc[nH]c23)[C@@H](O)[C@H](O)[C@H]1NC(=O)[C@@H]1CCCN1. The summed E-state index contributed by atoms with van der Waals surface area (Å²) in [6.45, 7) is 2.54. The molecule has 1 amide bonds. The summed E-state index contributed by atoms with van der Waals surface area (Å²) in [5, 5.41) is 30.0. The molecule has 6 N–H and O–H groups in total. The number of rotatable bonds is 4. The Kier molecular flexibility index (Phi) is 4.91. The first-order valence-corrected chi connectivity index (χ1v) is 9.00. The smallest absolute Gasteiger partial charge is 0.237 e. The van der Waals surface area contributed by atoms with Crippen LogP contribution >= 0.6 is 0 Å². The summed E-state index contributed by atoms with van der Waals surface area (Å²) in [4.78, 5) is 27.5. The van der Waals surface area contributed by atoms with Crippen LogP contribution in [0, 0.1) is 0 Å². The normalized spacial score (nSPS) is 33.9. The van der Waals surface area contributed by atoms with Crippen molar-refractivity contribution in [1.29, 1.82) is 0 Å². The highest BCUT2D eigenvalue weighted by Gasteiger charge is 2.44. The number of nitrogens with zero attached hydrogens (tertiary/aromatic N) is 3. The molecule has 2 aliphatic rings. The highest BCUT2D eigenvalue weighted by atomic mass is 16.5. The lowest BCUT2D eigenvalue weighted by Crippen LogP contribution is -2.65. The van der Waals surface area contributed by atoms with Crippen molar-refractivity contribution in [3.8, 4) is 0 Å². The van der Waals surface area contributed by atoms with E-state index in [1.54, 1.807) is 6.92 Å². The molecule has 2 aromatic heterocycles. The molecule has 0 bridgehead atoms. The van der Waals surface area contributed by atoms with Crippen LogP contribution < -0.4 is 16.0 Å². The molecule has 0 spiro atoms. The molecular formula is C16H23N7O4. The second kappa shape index (κ2) is 7.35. The molecule has 6 atom stereocenters. The van der Waals surface area contributed by atoms with Gasteiger partial charge in [-0.15, -0.1) is 0 Å². The van der Waals surface area contributed by atoms with Gasteiger partial charge < -0.3 is 35.9 Å². The first-order chi connectivity index (χ1) is 13.0. The van der Waals surface area contributed by atoms with E-state index in [2.05, 4.69) is 35.9 Å². The van der Waals surface area contributed by atoms with Gasteiger partial charge in [0.25, 0.3) is 0 Å². The standard InChI is InChI=1S/C16H23N7O4/c1-7-9(22-15(26)8-3-2-4-17-8)11(24)12(25)16(27-7)23-14-10-13(19-5-18-10)20-6-21-14/h5-9,11-12,16-17,24-25H,2-4H2,1H3,(H,22,26)(H2,18,19,20,21,23)/t7-,8-,9-,11+,12-,16-/m0/s1. The number of fused-ring (bicyclic) bond motifs is 1. The largest absolute Gasteiger partial charge is 0.388 e. The van der Waals surface area contributed by atoms with Crippen molar-refractivity contribution < 1.29 is 19.7 Å². The van der Waals surface area contributed by atoms with E-state index in [1.165, 1.54) is 12.7 Å². The van der Waals surface area contributed by atoms with Crippen molar-refractivity contribution in [2.45, 2.75) is 56.4 Å². The molecule has 0 aliphatic carbocycles. The van der Waals surface area contributed by atoms with Crippen LogP contribution in [0.4, 0.5) is 5.82 Å². The second-order valence-electron chi connectivity index (χ2n) is 6.89. The van der Waals surface area contributed by atoms with Crippen LogP contribution in [0.15, 0.2) is 12.7 Å². The molecule has 2 aliphatic heterocycles. The van der Waals surface area contributed by atoms with E-state index in [4.69, 9.17) is 4.74 Å². The van der Waals surface area contributed by atoms with Crippen molar-refractivity contribution in [1.82, 2.24) is 30.6 Å². The number of aliphatic hydroxyl groups excluding tert-OH is 2. The summed E-state index contributed by atoms with van der Waals surface area (Å²) < 4.78 is 5.82. The fourth-order valence-corrected chi connectivity index (χ4v) is 3.57. The zero-order chi connectivity index (χ0) is 19.0. The van der Waals surface area contributed by atoms with Gasteiger partial charge in [0.05, 0.1) is 24.5 Å². The Morgan fingerprint density at radius 3 is 2.93 bits per heavy atom. The van der Waals surface area contributed by atoms with Crippen LogP contribution in [-0.2, 0) is 9.53 Å². The van der Waals surface area contributed by atoms with Gasteiger partial charge >= 0.3 is 0 Å². The summed E-state index contributed by atoms with van der Waals surface area (Å²) in [6.07, 6.45) is 0.629. The number of carbonyl (C=O) groups is 1. The van der Waals surface area contributed by atoms with Gasteiger partial charge in [-0.25, -0.2) is 15.0 Å². The molecule has 11 heteroatoms. The Bertz CT molecular complexity index is 809. The predicted molar refractivity (Wildman–Crippen MR) is 94.6 cm³/mol. The van der Waals surface area contributed by atoms with E-state index in [0.717, 1.165) is 19.4 Å². The van der Waals surface area contributed by atoms with Crippen molar-refractivity contribution in [3.63, 3.8) is 0 Å². The Balaban J connectivity index is 1.45. The van der Waals surface area contributed by atoms with Crippen LogP contribution in [0.5, 0.6) is 0 Å². The van der Waals surface area contributed by atoms with Gasteiger partial charge in [0.2, 0.25) is 5.91 Å². The minimum Gasteiger partial charge on any atom is -0.388 e. The number of aromatic nitrogens is 4. The highest BCUT2D eigenvalue weighted by Crippen LogP contribution is 2.24. The number of aromatic amines is 1. The predicted octanol–water partition coefficient (Wildman–Crippen LogP) is -1.53. The van der Waals surface area contributed by atoms with E-state index in [-0.39, 0.29) is 11.9 Å².